The second-order valence-electron chi connectivity index (χ2n) is 7.75. The van der Waals surface area contributed by atoms with E-state index in [1.165, 1.54) is 51.6 Å². The number of hydrogen-bond acceptors (Lipinski definition) is 3. The number of nitrogens with one attached hydrogen (secondary N) is 1. The molecule has 0 aromatic heterocycles. The van der Waals surface area contributed by atoms with Crippen LogP contribution in [0.25, 0.3) is 0 Å². The second kappa shape index (κ2) is 7.94. The maximum Gasteiger partial charge on any atom is 0.0589 e. The molecule has 21 heavy (non-hydrogen) atoms. The Morgan fingerprint density at radius 3 is 2.43 bits per heavy atom. The summed E-state index contributed by atoms with van der Waals surface area (Å²) in [7, 11) is 3.94. The molecule has 0 amide bonds. The summed E-state index contributed by atoms with van der Waals surface area (Å²) in [6, 6.07) is 0.730. The van der Waals surface area contributed by atoms with E-state index in [0.29, 0.717) is 5.41 Å². The predicted molar refractivity (Wildman–Crippen MR) is 89.6 cm³/mol. The number of hydrogen-bond donors (Lipinski definition) is 1. The predicted octanol–water partition coefficient (Wildman–Crippen LogP) is 3.15. The van der Waals surface area contributed by atoms with Crippen LogP contribution in [0, 0.1) is 17.3 Å². The molecule has 3 heteroatoms. The Bertz CT molecular complexity index is 296. The second-order valence-corrected chi connectivity index (χ2v) is 7.75. The Labute approximate surface area is 131 Å². The van der Waals surface area contributed by atoms with Gasteiger partial charge in [0.15, 0.2) is 0 Å². The smallest absolute Gasteiger partial charge is 0.0589 e. The fourth-order valence-corrected chi connectivity index (χ4v) is 4.08. The van der Waals surface area contributed by atoms with Crippen molar-refractivity contribution in [3.63, 3.8) is 0 Å². The van der Waals surface area contributed by atoms with Crippen LogP contribution in [0.5, 0.6) is 0 Å². The molecule has 0 heterocycles. The first-order valence-electron chi connectivity index (χ1n) is 8.98. The van der Waals surface area contributed by atoms with E-state index in [-0.39, 0.29) is 0 Å². The lowest BCUT2D eigenvalue weighted by atomic mass is 9.70. The van der Waals surface area contributed by atoms with Crippen molar-refractivity contribution in [3.8, 4) is 0 Å². The van der Waals surface area contributed by atoms with Gasteiger partial charge in [0.05, 0.1) is 6.61 Å². The van der Waals surface area contributed by atoms with Crippen molar-refractivity contribution in [2.45, 2.75) is 58.4 Å². The van der Waals surface area contributed by atoms with E-state index < -0.39 is 0 Å². The lowest BCUT2D eigenvalue weighted by Crippen LogP contribution is -2.49. The molecule has 2 fully saturated rings. The highest BCUT2D eigenvalue weighted by atomic mass is 16.5. The Morgan fingerprint density at radius 1 is 1.24 bits per heavy atom. The van der Waals surface area contributed by atoms with Crippen molar-refractivity contribution in [3.05, 3.63) is 0 Å². The van der Waals surface area contributed by atoms with Crippen molar-refractivity contribution in [1.29, 1.82) is 0 Å². The summed E-state index contributed by atoms with van der Waals surface area (Å²) in [6.07, 6.45) is 8.43. The molecule has 0 aliphatic heterocycles. The molecule has 1 atom stereocenters. The molecule has 2 rings (SSSR count). The fourth-order valence-electron chi connectivity index (χ4n) is 4.08. The molecular formula is C18H36N2O. The summed E-state index contributed by atoms with van der Waals surface area (Å²) in [4.78, 5) is 2.73. The minimum Gasteiger partial charge on any atom is -0.383 e. The lowest BCUT2D eigenvalue weighted by Gasteiger charge is -2.44. The van der Waals surface area contributed by atoms with Gasteiger partial charge in [-0.3, -0.25) is 4.90 Å². The first-order valence-corrected chi connectivity index (χ1v) is 8.98. The molecule has 3 nitrogen and oxygen atoms in total. The van der Waals surface area contributed by atoms with Crippen molar-refractivity contribution in [1.82, 2.24) is 10.2 Å². The molecule has 124 valence electrons. The van der Waals surface area contributed by atoms with Crippen LogP contribution in [0.1, 0.15) is 52.4 Å². The van der Waals surface area contributed by atoms with Gasteiger partial charge in [-0.25, -0.2) is 0 Å². The van der Waals surface area contributed by atoms with E-state index in [2.05, 4.69) is 31.1 Å². The minimum absolute atomic E-state index is 0.484. The minimum atomic E-state index is 0.484. The Kier molecular flexibility index (Phi) is 6.51. The molecule has 0 aromatic carbocycles. The van der Waals surface area contributed by atoms with E-state index in [1.54, 1.807) is 0 Å². The van der Waals surface area contributed by atoms with E-state index in [4.69, 9.17) is 4.74 Å². The standard InChI is InChI=1S/C18H36N2O/c1-15-7-9-18(10-8-15,13-19-3)14-20(11-12-21-4)16(2)17-5-6-17/h15-17,19H,5-14H2,1-4H3. The SMILES string of the molecule is CNCC1(CN(CCOC)C(C)C2CC2)CCC(C)CC1. The third-order valence-corrected chi connectivity index (χ3v) is 5.89. The van der Waals surface area contributed by atoms with Gasteiger partial charge in [0.1, 0.15) is 0 Å². The van der Waals surface area contributed by atoms with Gasteiger partial charge < -0.3 is 10.1 Å². The third kappa shape index (κ3) is 4.94. The summed E-state index contributed by atoms with van der Waals surface area (Å²) in [6.45, 7) is 9.23. The number of nitrogens with zero attached hydrogens (tertiary/aromatic N) is 1. The van der Waals surface area contributed by atoms with Gasteiger partial charge in [0.2, 0.25) is 0 Å². The molecule has 0 spiro atoms. The van der Waals surface area contributed by atoms with Gasteiger partial charge in [-0.05, 0) is 56.9 Å². The van der Waals surface area contributed by atoms with Crippen molar-refractivity contribution in [2.75, 3.05) is 40.4 Å². The van der Waals surface area contributed by atoms with Gasteiger partial charge in [-0.2, -0.15) is 0 Å². The molecule has 0 aromatic rings. The van der Waals surface area contributed by atoms with E-state index in [0.717, 1.165) is 31.0 Å². The largest absolute Gasteiger partial charge is 0.383 e. The topological polar surface area (TPSA) is 24.5 Å². The summed E-state index contributed by atoms with van der Waals surface area (Å²) in [5, 5.41) is 3.48. The van der Waals surface area contributed by atoms with Gasteiger partial charge in [0, 0.05) is 32.8 Å². The van der Waals surface area contributed by atoms with Gasteiger partial charge in [-0.1, -0.05) is 19.8 Å². The Morgan fingerprint density at radius 2 is 1.90 bits per heavy atom. The summed E-state index contributed by atoms with van der Waals surface area (Å²) < 4.78 is 5.36. The molecule has 0 radical (unpaired) electrons. The first kappa shape index (κ1) is 17.2. The zero-order chi connectivity index (χ0) is 15.3. The summed E-state index contributed by atoms with van der Waals surface area (Å²) in [5.74, 6) is 1.86. The molecule has 1 N–H and O–H groups in total. The molecule has 0 saturated heterocycles. The highest BCUT2D eigenvalue weighted by Gasteiger charge is 2.39. The maximum absolute atomic E-state index is 5.36. The maximum atomic E-state index is 5.36. The average Bonchev–Trinajstić information content (AvgIpc) is 3.31. The highest BCUT2D eigenvalue weighted by Crippen LogP contribution is 2.41. The van der Waals surface area contributed by atoms with E-state index in [1.807, 2.05) is 7.11 Å². The first-order chi connectivity index (χ1) is 10.1. The molecule has 0 bridgehead atoms. The van der Waals surface area contributed by atoms with Crippen molar-refractivity contribution in [2.24, 2.45) is 17.3 Å². The van der Waals surface area contributed by atoms with Gasteiger partial charge in [-0.15, -0.1) is 0 Å². The lowest BCUT2D eigenvalue weighted by molar-refractivity contribution is 0.0443. The van der Waals surface area contributed by atoms with Crippen LogP contribution in [0.2, 0.25) is 0 Å². The monoisotopic (exact) mass is 296 g/mol. The molecular weight excluding hydrogens is 260 g/mol. The van der Waals surface area contributed by atoms with Crippen LogP contribution in [0.15, 0.2) is 0 Å². The zero-order valence-corrected chi connectivity index (χ0v) is 14.7. The van der Waals surface area contributed by atoms with Gasteiger partial charge >= 0.3 is 0 Å². The van der Waals surface area contributed by atoms with E-state index in [9.17, 15) is 0 Å². The average molecular weight is 296 g/mol. The highest BCUT2D eigenvalue weighted by molar-refractivity contribution is 4.93. The zero-order valence-electron chi connectivity index (χ0n) is 14.7. The van der Waals surface area contributed by atoms with Crippen LogP contribution >= 0.6 is 0 Å². The number of ether oxygens (including phenoxy) is 1. The normalized spacial score (nSPS) is 31.6. The Hall–Kier alpha value is -0.120. The van der Waals surface area contributed by atoms with E-state index >= 15 is 0 Å². The van der Waals surface area contributed by atoms with Crippen molar-refractivity contribution >= 4 is 0 Å². The fraction of sp³-hybridized carbons (Fsp3) is 1.00. The number of methoxy groups -OCH3 is 1. The number of rotatable bonds is 9. The summed E-state index contributed by atoms with van der Waals surface area (Å²) in [5.41, 5.74) is 0.484. The van der Waals surface area contributed by atoms with Crippen LogP contribution in [-0.2, 0) is 4.74 Å². The molecule has 2 aliphatic rings. The van der Waals surface area contributed by atoms with Crippen LogP contribution in [0.3, 0.4) is 0 Å². The Balaban J connectivity index is 1.99. The summed E-state index contributed by atoms with van der Waals surface area (Å²) >= 11 is 0. The third-order valence-electron chi connectivity index (χ3n) is 5.89. The van der Waals surface area contributed by atoms with Crippen LogP contribution in [-0.4, -0.2) is 51.3 Å². The van der Waals surface area contributed by atoms with Crippen LogP contribution in [0.4, 0.5) is 0 Å². The van der Waals surface area contributed by atoms with Crippen molar-refractivity contribution < 1.29 is 4.74 Å². The quantitative estimate of drug-likeness (QED) is 0.707. The van der Waals surface area contributed by atoms with Crippen LogP contribution < -0.4 is 5.32 Å². The molecule has 2 saturated carbocycles. The molecule has 2 aliphatic carbocycles. The molecule has 1 unspecified atom stereocenters. The van der Waals surface area contributed by atoms with Gasteiger partial charge in [0.25, 0.3) is 0 Å².